The fourth-order valence-electron chi connectivity index (χ4n) is 1.97. The first-order valence-corrected chi connectivity index (χ1v) is 7.53. The molecule has 0 spiro atoms. The number of aromatic nitrogens is 2. The number of rotatable bonds is 6. The Morgan fingerprint density at radius 3 is 2.75 bits per heavy atom. The average Bonchev–Trinajstić information content (AvgIpc) is 2.91. The Hall–Kier alpha value is -1.40. The molecule has 0 aliphatic heterocycles. The molecule has 2 rings (SSSR count). The molecule has 0 fully saturated rings. The van der Waals surface area contributed by atoms with Crippen LogP contribution in [0.5, 0.6) is 0 Å². The third kappa shape index (κ3) is 3.58. The maximum Gasteiger partial charge on any atom is 0.259 e. The zero-order valence-corrected chi connectivity index (χ0v) is 13.4. The van der Waals surface area contributed by atoms with Gasteiger partial charge in [-0.15, -0.1) is 0 Å². The third-order valence-corrected chi connectivity index (χ3v) is 3.93. The molecule has 1 aromatic carbocycles. The summed E-state index contributed by atoms with van der Waals surface area (Å²) in [7, 11) is 0. The van der Waals surface area contributed by atoms with Crippen LogP contribution in [0.4, 0.5) is 5.69 Å². The van der Waals surface area contributed by atoms with Gasteiger partial charge in [0, 0.05) is 23.1 Å². The third-order valence-electron chi connectivity index (χ3n) is 3.23. The normalized spacial score (nSPS) is 11.2. The minimum absolute atomic E-state index is 0.499. The van der Waals surface area contributed by atoms with Crippen LogP contribution in [-0.2, 0) is 6.42 Å². The molecule has 108 valence electrons. The molecule has 0 atom stereocenters. The lowest BCUT2D eigenvalue weighted by Gasteiger charge is -2.16. The van der Waals surface area contributed by atoms with Gasteiger partial charge in [-0.2, -0.15) is 4.98 Å². The second-order valence-corrected chi connectivity index (χ2v) is 5.39. The van der Waals surface area contributed by atoms with Gasteiger partial charge in [0.2, 0.25) is 0 Å². The molecule has 0 aliphatic carbocycles. The number of benzene rings is 1. The molecule has 0 saturated heterocycles. The van der Waals surface area contributed by atoms with Crippen molar-refractivity contribution in [3.05, 3.63) is 28.5 Å². The number of halogens is 1. The van der Waals surface area contributed by atoms with Crippen LogP contribution in [-0.4, -0.2) is 34.7 Å². The predicted molar refractivity (Wildman–Crippen MR) is 83.3 cm³/mol. The number of likely N-dealkylation sites (N-methyl/N-ethyl adjacent to an activating group) is 1. The highest BCUT2D eigenvalue weighted by molar-refractivity contribution is 9.10. The van der Waals surface area contributed by atoms with Gasteiger partial charge in [-0.05, 0) is 47.2 Å². The summed E-state index contributed by atoms with van der Waals surface area (Å²) in [6.07, 6.45) is 0.783. The van der Waals surface area contributed by atoms with Crippen LogP contribution in [0.25, 0.3) is 11.5 Å². The topological polar surface area (TPSA) is 68.2 Å². The van der Waals surface area contributed by atoms with E-state index in [0.29, 0.717) is 11.6 Å². The molecule has 0 radical (unpaired) electrons. The van der Waals surface area contributed by atoms with Crippen molar-refractivity contribution in [3.8, 4) is 11.5 Å². The van der Waals surface area contributed by atoms with Crippen molar-refractivity contribution >= 4 is 21.6 Å². The van der Waals surface area contributed by atoms with Crippen LogP contribution in [0, 0.1) is 0 Å². The summed E-state index contributed by atoms with van der Waals surface area (Å²) in [5.74, 6) is 1.22. The van der Waals surface area contributed by atoms with Gasteiger partial charge in [0.05, 0.1) is 5.56 Å². The molecule has 6 heteroatoms. The molecule has 0 bridgehead atoms. The van der Waals surface area contributed by atoms with Crippen molar-refractivity contribution in [1.82, 2.24) is 15.0 Å². The van der Waals surface area contributed by atoms with E-state index in [9.17, 15) is 0 Å². The lowest BCUT2D eigenvalue weighted by atomic mass is 10.2. The average molecular weight is 339 g/mol. The quantitative estimate of drug-likeness (QED) is 0.820. The van der Waals surface area contributed by atoms with E-state index in [-0.39, 0.29) is 0 Å². The van der Waals surface area contributed by atoms with Gasteiger partial charge in [-0.3, -0.25) is 0 Å². The SMILES string of the molecule is CCN(CC)CCc1noc(-c2cc(N)ccc2Br)n1. The molecule has 1 aromatic heterocycles. The monoisotopic (exact) mass is 338 g/mol. The maximum atomic E-state index is 5.79. The van der Waals surface area contributed by atoms with Crippen molar-refractivity contribution in [2.75, 3.05) is 25.4 Å². The zero-order chi connectivity index (χ0) is 14.5. The Labute approximate surface area is 127 Å². The van der Waals surface area contributed by atoms with Crippen LogP contribution < -0.4 is 5.73 Å². The highest BCUT2D eigenvalue weighted by Crippen LogP contribution is 2.28. The highest BCUT2D eigenvalue weighted by atomic mass is 79.9. The first-order chi connectivity index (χ1) is 9.63. The molecule has 0 unspecified atom stereocenters. The predicted octanol–water partition coefficient (Wildman–Crippen LogP) is 2.97. The molecule has 2 aromatic rings. The van der Waals surface area contributed by atoms with Crippen LogP contribution in [0.2, 0.25) is 0 Å². The van der Waals surface area contributed by atoms with Gasteiger partial charge < -0.3 is 15.2 Å². The highest BCUT2D eigenvalue weighted by Gasteiger charge is 2.13. The van der Waals surface area contributed by atoms with Crippen LogP contribution in [0.3, 0.4) is 0 Å². The van der Waals surface area contributed by atoms with Gasteiger partial charge in [-0.25, -0.2) is 0 Å². The van der Waals surface area contributed by atoms with E-state index in [2.05, 4.69) is 44.8 Å². The molecule has 2 N–H and O–H groups in total. The van der Waals surface area contributed by atoms with Crippen LogP contribution in [0.1, 0.15) is 19.7 Å². The summed E-state index contributed by atoms with van der Waals surface area (Å²) < 4.78 is 6.22. The van der Waals surface area contributed by atoms with Crippen molar-refractivity contribution < 1.29 is 4.52 Å². The summed E-state index contributed by atoms with van der Waals surface area (Å²) in [6, 6.07) is 5.53. The molecule has 5 nitrogen and oxygen atoms in total. The largest absolute Gasteiger partial charge is 0.399 e. The van der Waals surface area contributed by atoms with Gasteiger partial charge in [0.25, 0.3) is 5.89 Å². The zero-order valence-electron chi connectivity index (χ0n) is 11.8. The minimum Gasteiger partial charge on any atom is -0.399 e. The smallest absolute Gasteiger partial charge is 0.259 e. The van der Waals surface area contributed by atoms with Crippen molar-refractivity contribution in [1.29, 1.82) is 0 Å². The van der Waals surface area contributed by atoms with Crippen LogP contribution in [0.15, 0.2) is 27.2 Å². The summed E-state index contributed by atoms with van der Waals surface area (Å²) in [5, 5.41) is 4.03. The maximum absolute atomic E-state index is 5.79. The van der Waals surface area contributed by atoms with Crippen LogP contribution >= 0.6 is 15.9 Å². The lowest BCUT2D eigenvalue weighted by molar-refractivity contribution is 0.303. The van der Waals surface area contributed by atoms with E-state index >= 15 is 0 Å². The van der Waals surface area contributed by atoms with Crippen molar-refractivity contribution in [2.45, 2.75) is 20.3 Å². The standard InChI is InChI=1S/C14H19BrN4O/c1-3-19(4-2)8-7-13-17-14(20-18-13)11-9-10(16)5-6-12(11)15/h5-6,9H,3-4,7-8,16H2,1-2H3. The van der Waals surface area contributed by atoms with E-state index in [1.165, 1.54) is 0 Å². The Kier molecular flexibility index (Phi) is 5.14. The molecule has 1 heterocycles. The molecular weight excluding hydrogens is 320 g/mol. The number of nitrogens with two attached hydrogens (primary N) is 1. The summed E-state index contributed by atoms with van der Waals surface area (Å²) in [6.45, 7) is 7.29. The Balaban J connectivity index is 2.10. The van der Waals surface area contributed by atoms with E-state index in [1.54, 1.807) is 0 Å². The Morgan fingerprint density at radius 1 is 1.30 bits per heavy atom. The summed E-state index contributed by atoms with van der Waals surface area (Å²) >= 11 is 3.47. The second kappa shape index (κ2) is 6.85. The van der Waals surface area contributed by atoms with Crippen molar-refractivity contribution in [2.24, 2.45) is 0 Å². The summed E-state index contributed by atoms with van der Waals surface area (Å²) in [4.78, 5) is 6.76. The number of hydrogen-bond acceptors (Lipinski definition) is 5. The van der Waals surface area contributed by atoms with Crippen molar-refractivity contribution in [3.63, 3.8) is 0 Å². The fourth-order valence-corrected chi connectivity index (χ4v) is 2.39. The van der Waals surface area contributed by atoms with Gasteiger partial charge in [0.1, 0.15) is 0 Å². The van der Waals surface area contributed by atoms with Gasteiger partial charge in [0.15, 0.2) is 5.82 Å². The molecule has 20 heavy (non-hydrogen) atoms. The number of nitrogen functional groups attached to an aromatic ring is 1. The minimum atomic E-state index is 0.499. The lowest BCUT2D eigenvalue weighted by Crippen LogP contribution is -2.25. The Morgan fingerprint density at radius 2 is 2.05 bits per heavy atom. The number of nitrogens with zero attached hydrogens (tertiary/aromatic N) is 3. The fraction of sp³-hybridized carbons (Fsp3) is 0.429. The number of hydrogen-bond donors (Lipinski definition) is 1. The second-order valence-electron chi connectivity index (χ2n) is 4.53. The Bertz CT molecular complexity index is 566. The van der Waals surface area contributed by atoms with E-state index < -0.39 is 0 Å². The molecule has 0 saturated carbocycles. The molecular formula is C14H19BrN4O. The number of anilines is 1. The van der Waals surface area contributed by atoms with Gasteiger partial charge >= 0.3 is 0 Å². The van der Waals surface area contributed by atoms with E-state index in [4.69, 9.17) is 10.3 Å². The van der Waals surface area contributed by atoms with E-state index in [1.807, 2.05) is 18.2 Å². The molecule has 0 amide bonds. The van der Waals surface area contributed by atoms with E-state index in [0.717, 1.165) is 41.9 Å². The molecule has 0 aliphatic rings. The first-order valence-electron chi connectivity index (χ1n) is 6.74. The summed E-state index contributed by atoms with van der Waals surface area (Å²) in [5.41, 5.74) is 7.29. The first kappa shape index (κ1) is 15.0. The van der Waals surface area contributed by atoms with Gasteiger partial charge in [-0.1, -0.05) is 19.0 Å².